The fourth-order valence-electron chi connectivity index (χ4n) is 3.28. The Morgan fingerprint density at radius 1 is 1.14 bits per heavy atom. The van der Waals surface area contributed by atoms with Crippen LogP contribution in [0.4, 0.5) is 4.79 Å². The second-order valence-electron chi connectivity index (χ2n) is 7.28. The molecule has 0 bridgehead atoms. The van der Waals surface area contributed by atoms with E-state index >= 15 is 0 Å². The third-order valence-electron chi connectivity index (χ3n) is 4.42. The Balaban J connectivity index is 2.35. The fourth-order valence-corrected chi connectivity index (χ4v) is 4.25. The van der Waals surface area contributed by atoms with Gasteiger partial charge < -0.3 is 15.2 Å². The van der Waals surface area contributed by atoms with Crippen molar-refractivity contribution in [2.24, 2.45) is 10.9 Å². The quantitative estimate of drug-likeness (QED) is 0.680. The molecule has 1 aromatic heterocycles. The Kier molecular flexibility index (Phi) is 8.58. The molecule has 1 aromatic carbocycles. The first-order valence-electron chi connectivity index (χ1n) is 9.98. The molecule has 0 aliphatic carbocycles. The van der Waals surface area contributed by atoms with Crippen molar-refractivity contribution in [2.45, 2.75) is 51.0 Å². The predicted molar refractivity (Wildman–Crippen MR) is 122 cm³/mol. The first kappa shape index (κ1) is 22.8. The van der Waals surface area contributed by atoms with Crippen LogP contribution in [-0.2, 0) is 6.54 Å². The fraction of sp³-hybridized carbons (Fsp3) is 0.391. The number of urea groups is 1. The molecular weight excluding hydrogens is 380 g/mol. The van der Waals surface area contributed by atoms with E-state index in [1.54, 1.807) is 11.8 Å². The number of rotatable bonds is 7. The lowest BCUT2D eigenvalue weighted by Gasteiger charge is -2.19. The molecule has 6 heteroatoms. The predicted octanol–water partition coefficient (Wildman–Crippen LogP) is 4.90. The van der Waals surface area contributed by atoms with Gasteiger partial charge in [-0.2, -0.15) is 0 Å². The molecule has 29 heavy (non-hydrogen) atoms. The van der Waals surface area contributed by atoms with Crippen LogP contribution < -0.4 is 16.1 Å². The summed E-state index contributed by atoms with van der Waals surface area (Å²) in [6.45, 7) is 11.7. The number of carbonyl (C=O) groups is 1. The molecule has 0 aliphatic rings. The van der Waals surface area contributed by atoms with E-state index in [2.05, 4.69) is 72.3 Å². The number of nitrogens with zero attached hydrogens (tertiary/aromatic N) is 2. The molecule has 0 radical (unpaired) electrons. The summed E-state index contributed by atoms with van der Waals surface area (Å²) in [5.41, 5.74) is 4.57. The Hall–Kier alpha value is -2.47. The number of amides is 2. The zero-order chi connectivity index (χ0) is 21.4. The monoisotopic (exact) mass is 412 g/mol. The Morgan fingerprint density at radius 2 is 1.86 bits per heavy atom. The van der Waals surface area contributed by atoms with Crippen molar-refractivity contribution >= 4 is 23.5 Å². The lowest BCUT2D eigenvalue weighted by atomic mass is 10.1. The summed E-state index contributed by atoms with van der Waals surface area (Å²) in [7, 11) is 1.82. The molecule has 2 rings (SSSR count). The van der Waals surface area contributed by atoms with E-state index in [1.165, 1.54) is 11.3 Å². The van der Waals surface area contributed by atoms with E-state index < -0.39 is 0 Å². The smallest absolute Gasteiger partial charge is 0.315 e. The van der Waals surface area contributed by atoms with E-state index in [-0.39, 0.29) is 6.03 Å². The van der Waals surface area contributed by atoms with Crippen LogP contribution in [0, 0.1) is 5.92 Å². The normalized spacial score (nSPS) is 11.5. The Morgan fingerprint density at radius 3 is 2.48 bits per heavy atom. The molecule has 0 saturated carbocycles. The first-order chi connectivity index (χ1) is 13.9. The summed E-state index contributed by atoms with van der Waals surface area (Å²) >= 11 is 1.70. The maximum atomic E-state index is 11.8. The van der Waals surface area contributed by atoms with Gasteiger partial charge in [0.25, 0.3) is 0 Å². The molecule has 0 aliphatic heterocycles. The van der Waals surface area contributed by atoms with E-state index in [1.807, 2.05) is 32.2 Å². The van der Waals surface area contributed by atoms with Gasteiger partial charge in [0.1, 0.15) is 5.49 Å². The van der Waals surface area contributed by atoms with Crippen molar-refractivity contribution in [3.63, 3.8) is 0 Å². The first-order valence-corrected chi connectivity index (χ1v) is 10.8. The summed E-state index contributed by atoms with van der Waals surface area (Å²) in [6, 6.07) is 12.2. The van der Waals surface area contributed by atoms with E-state index in [9.17, 15) is 4.79 Å². The van der Waals surface area contributed by atoms with Gasteiger partial charge in [0.15, 0.2) is 0 Å². The van der Waals surface area contributed by atoms with Gasteiger partial charge in [-0.3, -0.25) is 4.99 Å². The van der Waals surface area contributed by atoms with Crippen LogP contribution in [0.5, 0.6) is 0 Å². The number of carbonyl (C=O) groups excluding carboxylic acids is 1. The van der Waals surface area contributed by atoms with Crippen LogP contribution in [0.1, 0.15) is 40.2 Å². The van der Waals surface area contributed by atoms with Gasteiger partial charge in [-0.05, 0) is 50.5 Å². The molecule has 2 amide bonds. The standard InChI is InChI=1S/C23H32N4OS/c1-7-25-23(28)26-14-18-10-8-9-11-20(18)29-19-12-13-21(24-6)27(15-19)22(16(2)3)17(4)5/h8-13,15-16H,7,14H2,1-6H3,(H2,25,26,28)/b24-21-. The number of aromatic nitrogens is 1. The summed E-state index contributed by atoms with van der Waals surface area (Å²) < 4.78 is 2.19. The van der Waals surface area contributed by atoms with Gasteiger partial charge in [-0.15, -0.1) is 0 Å². The molecule has 0 fully saturated rings. The minimum Gasteiger partial charge on any atom is -0.338 e. The lowest BCUT2D eigenvalue weighted by molar-refractivity contribution is 0.241. The van der Waals surface area contributed by atoms with Crippen molar-refractivity contribution in [2.75, 3.05) is 13.6 Å². The minimum atomic E-state index is -0.149. The molecule has 156 valence electrons. The highest BCUT2D eigenvalue weighted by Gasteiger charge is 2.11. The molecule has 1 heterocycles. The second-order valence-corrected chi connectivity index (χ2v) is 8.39. The number of hydrogen-bond acceptors (Lipinski definition) is 3. The van der Waals surface area contributed by atoms with Gasteiger partial charge in [0, 0.05) is 41.8 Å². The highest BCUT2D eigenvalue weighted by molar-refractivity contribution is 7.99. The van der Waals surface area contributed by atoms with Gasteiger partial charge in [0.2, 0.25) is 0 Å². The SMILES string of the molecule is CCNC(=O)NCc1ccccc1Sc1cc/c(=N/C)n(C(=C(C)C)C(C)C)c1. The topological polar surface area (TPSA) is 58.4 Å². The molecule has 0 unspecified atom stereocenters. The molecule has 0 saturated heterocycles. The van der Waals surface area contributed by atoms with Gasteiger partial charge >= 0.3 is 6.03 Å². The third-order valence-corrected chi connectivity index (χ3v) is 5.52. The molecule has 2 aromatic rings. The summed E-state index contributed by atoms with van der Waals surface area (Å²) in [4.78, 5) is 18.5. The largest absolute Gasteiger partial charge is 0.338 e. The third kappa shape index (κ3) is 6.26. The van der Waals surface area contributed by atoms with Gasteiger partial charge in [-0.25, -0.2) is 4.79 Å². The molecular formula is C23H32N4OS. The van der Waals surface area contributed by atoms with Crippen LogP contribution in [0.2, 0.25) is 0 Å². The number of hydrogen-bond donors (Lipinski definition) is 2. The molecule has 0 atom stereocenters. The molecule has 0 spiro atoms. The van der Waals surface area contributed by atoms with Crippen LogP contribution in [-0.4, -0.2) is 24.2 Å². The van der Waals surface area contributed by atoms with E-state index in [0.717, 1.165) is 20.8 Å². The summed E-state index contributed by atoms with van der Waals surface area (Å²) in [6.07, 6.45) is 2.16. The van der Waals surface area contributed by atoms with Crippen molar-refractivity contribution in [3.05, 3.63) is 59.2 Å². The van der Waals surface area contributed by atoms with Crippen molar-refractivity contribution in [1.29, 1.82) is 0 Å². The second kappa shape index (κ2) is 10.9. The van der Waals surface area contributed by atoms with E-state index in [0.29, 0.717) is 19.0 Å². The van der Waals surface area contributed by atoms with Crippen LogP contribution >= 0.6 is 11.8 Å². The zero-order valence-electron chi connectivity index (χ0n) is 18.2. The van der Waals surface area contributed by atoms with Crippen molar-refractivity contribution < 1.29 is 4.79 Å². The van der Waals surface area contributed by atoms with Crippen LogP contribution in [0.3, 0.4) is 0 Å². The highest BCUT2D eigenvalue weighted by atomic mass is 32.2. The Bertz CT molecular complexity index is 940. The average molecular weight is 413 g/mol. The van der Waals surface area contributed by atoms with Gasteiger partial charge in [-0.1, -0.05) is 49.4 Å². The number of benzene rings is 1. The maximum Gasteiger partial charge on any atom is 0.315 e. The van der Waals surface area contributed by atoms with Crippen molar-refractivity contribution in [1.82, 2.24) is 15.2 Å². The minimum absolute atomic E-state index is 0.149. The summed E-state index contributed by atoms with van der Waals surface area (Å²) in [5.74, 6) is 0.388. The maximum absolute atomic E-state index is 11.8. The highest BCUT2D eigenvalue weighted by Crippen LogP contribution is 2.31. The molecule has 5 nitrogen and oxygen atoms in total. The average Bonchev–Trinajstić information content (AvgIpc) is 2.67. The zero-order valence-corrected chi connectivity index (χ0v) is 19.1. The van der Waals surface area contributed by atoms with Crippen LogP contribution in [0.15, 0.2) is 63.0 Å². The van der Waals surface area contributed by atoms with E-state index in [4.69, 9.17) is 0 Å². The molecule has 2 N–H and O–H groups in total. The summed E-state index contributed by atoms with van der Waals surface area (Å²) in [5, 5.41) is 5.68. The lowest BCUT2D eigenvalue weighted by Crippen LogP contribution is -2.34. The van der Waals surface area contributed by atoms with Gasteiger partial charge in [0.05, 0.1) is 0 Å². The Labute approximate surface area is 178 Å². The van der Waals surface area contributed by atoms with Crippen molar-refractivity contribution in [3.8, 4) is 0 Å². The van der Waals surface area contributed by atoms with Crippen LogP contribution in [0.25, 0.3) is 5.70 Å². The number of nitrogens with one attached hydrogen (secondary N) is 2. The number of pyridine rings is 1. The number of allylic oxidation sites excluding steroid dienone is 2.